The maximum atomic E-state index is 12.2. The first kappa shape index (κ1) is 15.6. The van der Waals surface area contributed by atoms with Gasteiger partial charge in [-0.25, -0.2) is 0 Å². The number of nitrogens with one attached hydrogen (secondary N) is 1. The average Bonchev–Trinajstić information content (AvgIpc) is 2.93. The highest BCUT2D eigenvalue weighted by Crippen LogP contribution is 2.20. The summed E-state index contributed by atoms with van der Waals surface area (Å²) in [5.41, 5.74) is 3.52. The second kappa shape index (κ2) is 6.86. The van der Waals surface area contributed by atoms with Gasteiger partial charge in [-0.3, -0.25) is 4.79 Å². The van der Waals surface area contributed by atoms with Crippen LogP contribution in [0.3, 0.4) is 0 Å². The van der Waals surface area contributed by atoms with Gasteiger partial charge in [0.05, 0.1) is 5.69 Å². The van der Waals surface area contributed by atoms with Crippen molar-refractivity contribution < 1.29 is 9.32 Å². The van der Waals surface area contributed by atoms with Crippen LogP contribution in [0.1, 0.15) is 46.6 Å². The highest BCUT2D eigenvalue weighted by Gasteiger charge is 2.17. The number of anilines is 1. The number of rotatable bonds is 4. The molecule has 2 heterocycles. The Labute approximate surface area is 136 Å². The molecule has 1 amide bonds. The summed E-state index contributed by atoms with van der Waals surface area (Å²) in [7, 11) is 0. The number of benzene rings is 1. The number of nitrogens with zero attached hydrogens (tertiary/aromatic N) is 2. The van der Waals surface area contributed by atoms with Crippen molar-refractivity contribution in [2.75, 3.05) is 18.0 Å². The normalized spacial score (nSPS) is 14.8. The Bertz CT molecular complexity index is 651. The number of aromatic nitrogens is 1. The molecule has 3 rings (SSSR count). The molecule has 0 bridgehead atoms. The van der Waals surface area contributed by atoms with Crippen molar-refractivity contribution in [3.63, 3.8) is 0 Å². The average molecular weight is 313 g/mol. The zero-order valence-corrected chi connectivity index (χ0v) is 13.8. The van der Waals surface area contributed by atoms with Gasteiger partial charge < -0.3 is 14.7 Å². The number of hydrogen-bond acceptors (Lipinski definition) is 4. The summed E-state index contributed by atoms with van der Waals surface area (Å²) >= 11 is 0. The molecule has 122 valence electrons. The Hall–Kier alpha value is -2.30. The summed E-state index contributed by atoms with van der Waals surface area (Å²) in [5, 5.41) is 6.74. The molecule has 1 N–H and O–H groups in total. The summed E-state index contributed by atoms with van der Waals surface area (Å²) < 4.78 is 5.04. The van der Waals surface area contributed by atoms with Gasteiger partial charge >= 0.3 is 0 Å². The van der Waals surface area contributed by atoms with Crippen LogP contribution >= 0.6 is 0 Å². The first-order chi connectivity index (χ1) is 11.1. The third-order valence-corrected chi connectivity index (χ3v) is 4.37. The van der Waals surface area contributed by atoms with Gasteiger partial charge in [0.15, 0.2) is 0 Å². The molecule has 1 saturated heterocycles. The predicted octanol–water partition coefficient (Wildman–Crippen LogP) is 3.21. The molecule has 5 heteroatoms. The van der Waals surface area contributed by atoms with Gasteiger partial charge in [-0.1, -0.05) is 17.3 Å². The fraction of sp³-hybridized carbons (Fsp3) is 0.444. The summed E-state index contributed by atoms with van der Waals surface area (Å²) in [4.78, 5) is 14.6. The molecule has 0 spiro atoms. The van der Waals surface area contributed by atoms with E-state index in [9.17, 15) is 4.79 Å². The van der Waals surface area contributed by atoms with Crippen LogP contribution in [0.5, 0.6) is 0 Å². The van der Waals surface area contributed by atoms with Crippen molar-refractivity contribution in [2.24, 2.45) is 0 Å². The summed E-state index contributed by atoms with van der Waals surface area (Å²) in [6, 6.07) is 8.44. The van der Waals surface area contributed by atoms with E-state index in [1.165, 1.54) is 24.9 Å². The Morgan fingerprint density at radius 3 is 2.48 bits per heavy atom. The van der Waals surface area contributed by atoms with E-state index in [0.717, 1.165) is 18.7 Å². The number of amides is 1. The first-order valence-electron chi connectivity index (χ1n) is 8.20. The lowest BCUT2D eigenvalue weighted by Crippen LogP contribution is -2.29. The van der Waals surface area contributed by atoms with E-state index in [1.807, 2.05) is 0 Å². The zero-order chi connectivity index (χ0) is 16.2. The maximum Gasteiger partial charge on any atom is 0.257 e. The molecule has 1 aromatic heterocycles. The van der Waals surface area contributed by atoms with Gasteiger partial charge in [0, 0.05) is 25.3 Å². The molecular formula is C18H23N3O2. The third kappa shape index (κ3) is 3.55. The molecule has 23 heavy (non-hydrogen) atoms. The van der Waals surface area contributed by atoms with Crippen molar-refractivity contribution in [3.05, 3.63) is 46.8 Å². The van der Waals surface area contributed by atoms with Crippen LogP contribution in [-0.4, -0.2) is 24.2 Å². The van der Waals surface area contributed by atoms with Crippen molar-refractivity contribution in [1.82, 2.24) is 10.5 Å². The van der Waals surface area contributed by atoms with E-state index >= 15 is 0 Å². The van der Waals surface area contributed by atoms with Crippen molar-refractivity contribution in [2.45, 2.75) is 39.7 Å². The molecule has 0 aliphatic carbocycles. The SMILES string of the molecule is Cc1noc(C)c1C(=O)NCc1ccc(N2CCCCC2)cc1. The Kier molecular flexibility index (Phi) is 4.65. The van der Waals surface area contributed by atoms with Crippen LogP contribution in [0, 0.1) is 13.8 Å². The van der Waals surface area contributed by atoms with E-state index in [0.29, 0.717) is 23.6 Å². The van der Waals surface area contributed by atoms with Crippen molar-refractivity contribution in [3.8, 4) is 0 Å². The van der Waals surface area contributed by atoms with Gasteiger partial charge in [0.25, 0.3) is 5.91 Å². The second-order valence-electron chi connectivity index (χ2n) is 6.10. The highest BCUT2D eigenvalue weighted by molar-refractivity contribution is 5.96. The van der Waals surface area contributed by atoms with Crippen LogP contribution in [0.15, 0.2) is 28.8 Å². The minimum Gasteiger partial charge on any atom is -0.372 e. The van der Waals surface area contributed by atoms with E-state index in [1.54, 1.807) is 13.8 Å². The minimum absolute atomic E-state index is 0.138. The first-order valence-corrected chi connectivity index (χ1v) is 8.20. The number of aryl methyl sites for hydroxylation is 2. The lowest BCUT2D eigenvalue weighted by Gasteiger charge is -2.28. The number of hydrogen-bond donors (Lipinski definition) is 1. The lowest BCUT2D eigenvalue weighted by atomic mass is 10.1. The molecule has 0 atom stereocenters. The molecule has 1 aromatic carbocycles. The topological polar surface area (TPSA) is 58.4 Å². The third-order valence-electron chi connectivity index (χ3n) is 4.37. The number of piperidine rings is 1. The Balaban J connectivity index is 1.59. The van der Waals surface area contributed by atoms with Gasteiger partial charge in [-0.2, -0.15) is 0 Å². The largest absolute Gasteiger partial charge is 0.372 e. The molecular weight excluding hydrogens is 290 g/mol. The zero-order valence-electron chi connectivity index (χ0n) is 13.8. The van der Waals surface area contributed by atoms with Gasteiger partial charge in [0.1, 0.15) is 11.3 Å². The van der Waals surface area contributed by atoms with Crippen LogP contribution in [0.2, 0.25) is 0 Å². The molecule has 1 aliphatic heterocycles. The highest BCUT2D eigenvalue weighted by atomic mass is 16.5. The number of carbonyl (C=O) groups is 1. The van der Waals surface area contributed by atoms with Crippen molar-refractivity contribution in [1.29, 1.82) is 0 Å². The summed E-state index contributed by atoms with van der Waals surface area (Å²) in [6.07, 6.45) is 3.88. The summed E-state index contributed by atoms with van der Waals surface area (Å²) in [6.45, 7) is 6.31. The molecule has 0 unspecified atom stereocenters. The number of carbonyl (C=O) groups excluding carboxylic acids is 1. The van der Waals surface area contributed by atoms with Gasteiger partial charge in [0.2, 0.25) is 0 Å². The maximum absolute atomic E-state index is 12.2. The van der Waals surface area contributed by atoms with Crippen LogP contribution in [0.25, 0.3) is 0 Å². The van der Waals surface area contributed by atoms with Crippen LogP contribution in [-0.2, 0) is 6.54 Å². The lowest BCUT2D eigenvalue weighted by molar-refractivity contribution is 0.0949. The Morgan fingerprint density at radius 1 is 1.17 bits per heavy atom. The molecule has 1 fully saturated rings. The van der Waals surface area contributed by atoms with E-state index in [-0.39, 0.29) is 5.91 Å². The molecule has 2 aromatic rings. The molecule has 1 aliphatic rings. The van der Waals surface area contributed by atoms with Gasteiger partial charge in [-0.05, 0) is 50.8 Å². The van der Waals surface area contributed by atoms with Crippen LogP contribution < -0.4 is 10.2 Å². The standard InChI is InChI=1S/C18H23N3O2/c1-13-17(14(2)23-20-13)18(22)19-12-15-6-8-16(9-7-15)21-10-4-3-5-11-21/h6-9H,3-5,10-12H2,1-2H3,(H,19,22). The monoisotopic (exact) mass is 313 g/mol. The van der Waals surface area contributed by atoms with E-state index in [2.05, 4.69) is 39.6 Å². The van der Waals surface area contributed by atoms with Crippen molar-refractivity contribution >= 4 is 11.6 Å². The quantitative estimate of drug-likeness (QED) is 0.941. The fourth-order valence-electron chi connectivity index (χ4n) is 3.05. The predicted molar refractivity (Wildman–Crippen MR) is 89.7 cm³/mol. The fourth-order valence-corrected chi connectivity index (χ4v) is 3.05. The van der Waals surface area contributed by atoms with Crippen LogP contribution in [0.4, 0.5) is 5.69 Å². The Morgan fingerprint density at radius 2 is 1.87 bits per heavy atom. The molecule has 0 saturated carbocycles. The molecule has 5 nitrogen and oxygen atoms in total. The van der Waals surface area contributed by atoms with E-state index in [4.69, 9.17) is 4.52 Å². The smallest absolute Gasteiger partial charge is 0.257 e. The molecule has 0 radical (unpaired) electrons. The van der Waals surface area contributed by atoms with E-state index < -0.39 is 0 Å². The summed E-state index contributed by atoms with van der Waals surface area (Å²) in [5.74, 6) is 0.418. The van der Waals surface area contributed by atoms with Gasteiger partial charge in [-0.15, -0.1) is 0 Å². The second-order valence-corrected chi connectivity index (χ2v) is 6.10. The minimum atomic E-state index is -0.138.